The van der Waals surface area contributed by atoms with Crippen molar-refractivity contribution in [2.45, 2.75) is 63.2 Å². The van der Waals surface area contributed by atoms with Crippen LogP contribution < -0.4 is 10.1 Å². The molecule has 2 aromatic carbocycles. The number of rotatable bonds is 8. The highest BCUT2D eigenvalue weighted by atomic mass is 19.4. The average molecular weight is 468 g/mol. The van der Waals surface area contributed by atoms with Crippen LogP contribution in [0, 0.1) is 5.82 Å². The number of nitrogens with one attached hydrogen (secondary N) is 1. The van der Waals surface area contributed by atoms with Gasteiger partial charge in [0.2, 0.25) is 0 Å². The van der Waals surface area contributed by atoms with Gasteiger partial charge >= 0.3 is 12.1 Å². The van der Waals surface area contributed by atoms with Crippen LogP contribution in [-0.2, 0) is 22.1 Å². The lowest BCUT2D eigenvalue weighted by Crippen LogP contribution is -2.29. The van der Waals surface area contributed by atoms with E-state index in [2.05, 4.69) is 10.1 Å². The molecule has 0 radical (unpaired) electrons. The molecule has 1 aliphatic rings. The van der Waals surface area contributed by atoms with E-state index in [1.807, 2.05) is 6.92 Å². The molecule has 0 spiro atoms. The lowest BCUT2D eigenvalue weighted by Gasteiger charge is -2.21. The fourth-order valence-electron chi connectivity index (χ4n) is 4.50. The van der Waals surface area contributed by atoms with Crippen molar-refractivity contribution in [3.05, 3.63) is 64.5 Å². The normalized spacial score (nSPS) is 19.4. The number of methoxy groups -OCH3 is 2. The maximum Gasteiger partial charge on any atom is 0.416 e. The van der Waals surface area contributed by atoms with Crippen molar-refractivity contribution in [1.29, 1.82) is 0 Å². The highest BCUT2D eigenvalue weighted by Gasteiger charge is 2.35. The largest absolute Gasteiger partial charge is 0.494 e. The number of alkyl halides is 3. The van der Waals surface area contributed by atoms with Gasteiger partial charge in [-0.25, -0.2) is 4.39 Å². The van der Waals surface area contributed by atoms with Crippen molar-refractivity contribution in [2.24, 2.45) is 0 Å². The third-order valence-electron chi connectivity index (χ3n) is 6.33. The summed E-state index contributed by atoms with van der Waals surface area (Å²) in [4.78, 5) is 11.4. The van der Waals surface area contributed by atoms with E-state index in [9.17, 15) is 22.4 Å². The summed E-state index contributed by atoms with van der Waals surface area (Å²) in [5.74, 6) is -0.777. The molecular formula is C25H29F4NO3. The van der Waals surface area contributed by atoms with Gasteiger partial charge in [0, 0.05) is 18.5 Å². The molecule has 1 fully saturated rings. The second-order valence-corrected chi connectivity index (χ2v) is 8.48. The minimum atomic E-state index is -4.49. The summed E-state index contributed by atoms with van der Waals surface area (Å²) in [7, 11) is 2.63. The number of halogens is 4. The van der Waals surface area contributed by atoms with Gasteiger partial charge in [0.05, 0.1) is 19.8 Å². The Morgan fingerprint density at radius 1 is 1.15 bits per heavy atom. The molecule has 0 saturated heterocycles. The Labute approximate surface area is 191 Å². The van der Waals surface area contributed by atoms with Gasteiger partial charge in [-0.2, -0.15) is 13.2 Å². The molecule has 0 aromatic heterocycles. The van der Waals surface area contributed by atoms with Gasteiger partial charge in [-0.3, -0.25) is 4.79 Å². The summed E-state index contributed by atoms with van der Waals surface area (Å²) >= 11 is 0. The van der Waals surface area contributed by atoms with Crippen LogP contribution >= 0.6 is 0 Å². The summed E-state index contributed by atoms with van der Waals surface area (Å²) in [5.41, 5.74) is 0.950. The molecule has 3 unspecified atom stereocenters. The minimum Gasteiger partial charge on any atom is -0.494 e. The van der Waals surface area contributed by atoms with E-state index in [1.165, 1.54) is 32.4 Å². The molecule has 0 heterocycles. The quantitative estimate of drug-likeness (QED) is 0.385. The molecule has 8 heteroatoms. The van der Waals surface area contributed by atoms with E-state index in [0.29, 0.717) is 12.0 Å². The lowest BCUT2D eigenvalue weighted by molar-refractivity contribution is -0.142. The van der Waals surface area contributed by atoms with Gasteiger partial charge in [0.25, 0.3) is 0 Å². The highest BCUT2D eigenvalue weighted by molar-refractivity contribution is 5.69. The first-order chi connectivity index (χ1) is 15.6. The fraction of sp³-hybridized carbons (Fsp3) is 0.480. The number of esters is 1. The third-order valence-corrected chi connectivity index (χ3v) is 6.33. The Morgan fingerprint density at radius 2 is 1.91 bits per heavy atom. The van der Waals surface area contributed by atoms with Crippen molar-refractivity contribution in [3.8, 4) is 5.75 Å². The molecular weight excluding hydrogens is 438 g/mol. The Hall–Kier alpha value is -2.61. The molecule has 0 aliphatic heterocycles. The lowest BCUT2D eigenvalue weighted by atomic mass is 9.92. The molecule has 0 bridgehead atoms. The van der Waals surface area contributed by atoms with E-state index >= 15 is 0 Å². The first kappa shape index (κ1) is 25.0. The second-order valence-electron chi connectivity index (χ2n) is 8.48. The van der Waals surface area contributed by atoms with Crippen molar-refractivity contribution in [1.82, 2.24) is 5.32 Å². The monoisotopic (exact) mass is 467 g/mol. The van der Waals surface area contributed by atoms with Crippen molar-refractivity contribution in [3.63, 3.8) is 0 Å². The number of benzene rings is 2. The number of carbonyl (C=O) groups is 1. The molecule has 1 saturated carbocycles. The molecule has 3 atom stereocenters. The Balaban J connectivity index is 1.69. The van der Waals surface area contributed by atoms with Gasteiger partial charge in [0.1, 0.15) is 0 Å². The van der Waals surface area contributed by atoms with E-state index in [1.54, 1.807) is 18.2 Å². The van der Waals surface area contributed by atoms with Crippen LogP contribution in [0.5, 0.6) is 5.75 Å². The zero-order valence-corrected chi connectivity index (χ0v) is 19.0. The summed E-state index contributed by atoms with van der Waals surface area (Å²) in [5, 5.41) is 3.51. The van der Waals surface area contributed by atoms with Crippen LogP contribution in [0.4, 0.5) is 17.6 Å². The van der Waals surface area contributed by atoms with Crippen LogP contribution in [0.15, 0.2) is 36.4 Å². The number of hydrogen-bond donors (Lipinski definition) is 1. The van der Waals surface area contributed by atoms with E-state index in [4.69, 9.17) is 4.74 Å². The molecule has 1 N–H and O–H groups in total. The zero-order chi connectivity index (χ0) is 24.2. The van der Waals surface area contributed by atoms with Crippen LogP contribution in [-0.4, -0.2) is 26.2 Å². The second kappa shape index (κ2) is 10.5. The first-order valence-electron chi connectivity index (χ1n) is 11.0. The fourth-order valence-corrected chi connectivity index (χ4v) is 4.50. The SMILES string of the molecule is COC(=O)CCc1ccc(C2CCC(NC(C)c3ccc(F)c(OC)c3)C2)cc1C(F)(F)F. The summed E-state index contributed by atoms with van der Waals surface area (Å²) in [6.45, 7) is 1.97. The summed E-state index contributed by atoms with van der Waals surface area (Å²) in [6.07, 6.45) is -2.29. The maximum atomic E-state index is 13.7. The van der Waals surface area contributed by atoms with Gasteiger partial charge in [-0.15, -0.1) is 0 Å². The number of ether oxygens (including phenoxy) is 2. The minimum absolute atomic E-state index is 0.00760. The number of hydrogen-bond acceptors (Lipinski definition) is 4. The molecule has 33 heavy (non-hydrogen) atoms. The Morgan fingerprint density at radius 3 is 2.58 bits per heavy atom. The molecule has 3 rings (SSSR count). The third kappa shape index (κ3) is 6.25. The van der Waals surface area contributed by atoms with E-state index in [-0.39, 0.29) is 42.2 Å². The molecule has 2 aromatic rings. The van der Waals surface area contributed by atoms with Gasteiger partial charge in [0.15, 0.2) is 11.6 Å². The van der Waals surface area contributed by atoms with Crippen LogP contribution in [0.2, 0.25) is 0 Å². The van der Waals surface area contributed by atoms with E-state index in [0.717, 1.165) is 18.4 Å². The van der Waals surface area contributed by atoms with Gasteiger partial charge < -0.3 is 14.8 Å². The van der Waals surface area contributed by atoms with Crippen LogP contribution in [0.1, 0.15) is 66.8 Å². The summed E-state index contributed by atoms with van der Waals surface area (Å²) < 4.78 is 64.3. The predicted molar refractivity (Wildman–Crippen MR) is 117 cm³/mol. The van der Waals surface area contributed by atoms with Crippen molar-refractivity contribution < 1.29 is 31.8 Å². The summed E-state index contributed by atoms with van der Waals surface area (Å²) in [6, 6.07) is 9.24. The average Bonchev–Trinajstić information content (AvgIpc) is 3.25. The maximum absolute atomic E-state index is 13.7. The van der Waals surface area contributed by atoms with Crippen LogP contribution in [0.25, 0.3) is 0 Å². The Kier molecular flexibility index (Phi) is 8.00. The molecule has 180 valence electrons. The van der Waals surface area contributed by atoms with Gasteiger partial charge in [-0.1, -0.05) is 18.2 Å². The van der Waals surface area contributed by atoms with Crippen molar-refractivity contribution in [2.75, 3.05) is 14.2 Å². The van der Waals surface area contributed by atoms with Gasteiger partial charge in [-0.05, 0) is 73.4 Å². The standard InChI is InChI=1S/C25H29F4NO3/c1-15(17-7-10-22(26)23(14-17)32-2)30-20-9-6-18(12-20)19-5-4-16(8-11-24(31)33-3)21(13-19)25(27,28)29/h4-5,7,10,13-15,18,20,30H,6,8-9,11-12H2,1-3H3. The highest BCUT2D eigenvalue weighted by Crippen LogP contribution is 2.40. The van der Waals surface area contributed by atoms with Crippen LogP contribution in [0.3, 0.4) is 0 Å². The number of carbonyl (C=O) groups excluding carboxylic acids is 1. The molecule has 0 amide bonds. The molecule has 4 nitrogen and oxygen atoms in total. The predicted octanol–water partition coefficient (Wildman–Crippen LogP) is 5.95. The Bertz CT molecular complexity index is 977. The van der Waals surface area contributed by atoms with E-state index < -0.39 is 23.5 Å². The smallest absolute Gasteiger partial charge is 0.416 e. The van der Waals surface area contributed by atoms with Crippen molar-refractivity contribution >= 4 is 5.97 Å². The first-order valence-corrected chi connectivity index (χ1v) is 11.0. The topological polar surface area (TPSA) is 47.6 Å². The molecule has 1 aliphatic carbocycles. The zero-order valence-electron chi connectivity index (χ0n) is 19.0. The number of aryl methyl sites for hydroxylation is 1.